The molecule has 2 amide bonds. The van der Waals surface area contributed by atoms with Crippen LogP contribution in [0.15, 0.2) is 53.8 Å². The Hall–Kier alpha value is -3.81. The first-order valence-electron chi connectivity index (χ1n) is 8.50. The highest BCUT2D eigenvalue weighted by Gasteiger charge is 2.11. The Morgan fingerprint density at radius 3 is 2.68 bits per heavy atom. The summed E-state index contributed by atoms with van der Waals surface area (Å²) in [6, 6.07) is 12.5. The van der Waals surface area contributed by atoms with Gasteiger partial charge in [0.1, 0.15) is 0 Å². The van der Waals surface area contributed by atoms with E-state index in [1.165, 1.54) is 14.2 Å². The van der Waals surface area contributed by atoms with Crippen LogP contribution in [-0.2, 0) is 4.79 Å². The Kier molecular flexibility index (Phi) is 5.91. The lowest BCUT2D eigenvalue weighted by Gasteiger charge is -2.09. The molecule has 3 N–H and O–H groups in total. The summed E-state index contributed by atoms with van der Waals surface area (Å²) in [5.74, 6) is 0.110. The SMILES string of the molecule is COc1ccc(C(=O)NCC(=O)N/N=C/c2ccc3[nH]ccc3c2)cc1OC. The van der Waals surface area contributed by atoms with E-state index in [4.69, 9.17) is 9.47 Å². The number of aromatic amines is 1. The molecular weight excluding hydrogens is 360 g/mol. The predicted octanol–water partition coefficient (Wildman–Crippen LogP) is 2.07. The molecule has 1 heterocycles. The van der Waals surface area contributed by atoms with Gasteiger partial charge in [-0.25, -0.2) is 5.43 Å². The summed E-state index contributed by atoms with van der Waals surface area (Å²) in [6.07, 6.45) is 3.40. The molecule has 0 spiro atoms. The van der Waals surface area contributed by atoms with Gasteiger partial charge in [0.05, 0.1) is 27.0 Å². The minimum Gasteiger partial charge on any atom is -0.493 e. The lowest BCUT2D eigenvalue weighted by Crippen LogP contribution is -2.34. The van der Waals surface area contributed by atoms with Crippen LogP contribution in [0.3, 0.4) is 0 Å². The van der Waals surface area contributed by atoms with Crippen molar-refractivity contribution in [2.24, 2.45) is 5.10 Å². The molecule has 1 aromatic heterocycles. The van der Waals surface area contributed by atoms with Gasteiger partial charge in [0.15, 0.2) is 11.5 Å². The highest BCUT2D eigenvalue weighted by atomic mass is 16.5. The number of ether oxygens (including phenoxy) is 2. The van der Waals surface area contributed by atoms with Gasteiger partial charge in [-0.05, 0) is 47.3 Å². The average molecular weight is 380 g/mol. The summed E-state index contributed by atoms with van der Waals surface area (Å²) in [5, 5.41) is 7.50. The fourth-order valence-electron chi connectivity index (χ4n) is 2.61. The number of hydrogen-bond donors (Lipinski definition) is 3. The molecule has 8 heteroatoms. The first kappa shape index (κ1) is 19.0. The first-order valence-corrected chi connectivity index (χ1v) is 8.50. The van der Waals surface area contributed by atoms with Crippen LogP contribution in [0.4, 0.5) is 0 Å². The smallest absolute Gasteiger partial charge is 0.259 e. The molecular formula is C20H20N4O4. The number of aromatic nitrogens is 1. The lowest BCUT2D eigenvalue weighted by atomic mass is 10.2. The van der Waals surface area contributed by atoms with E-state index in [9.17, 15) is 9.59 Å². The summed E-state index contributed by atoms with van der Waals surface area (Å²) in [4.78, 5) is 27.2. The zero-order valence-corrected chi connectivity index (χ0v) is 15.5. The van der Waals surface area contributed by atoms with Gasteiger partial charge in [-0.15, -0.1) is 0 Å². The zero-order chi connectivity index (χ0) is 19.9. The van der Waals surface area contributed by atoms with Crippen LogP contribution in [0.1, 0.15) is 15.9 Å². The lowest BCUT2D eigenvalue weighted by molar-refractivity contribution is -0.120. The van der Waals surface area contributed by atoms with Crippen molar-refractivity contribution in [3.63, 3.8) is 0 Å². The number of benzene rings is 2. The van der Waals surface area contributed by atoms with Crippen LogP contribution in [-0.4, -0.2) is 43.8 Å². The van der Waals surface area contributed by atoms with Gasteiger partial charge >= 0.3 is 0 Å². The quantitative estimate of drug-likeness (QED) is 0.431. The number of amides is 2. The maximum atomic E-state index is 12.2. The average Bonchev–Trinajstić information content (AvgIpc) is 3.19. The normalized spacial score (nSPS) is 10.8. The van der Waals surface area contributed by atoms with Gasteiger partial charge in [0, 0.05) is 17.3 Å². The number of nitrogens with one attached hydrogen (secondary N) is 3. The third kappa shape index (κ3) is 4.47. The summed E-state index contributed by atoms with van der Waals surface area (Å²) in [7, 11) is 3.00. The minimum atomic E-state index is -0.437. The van der Waals surface area contributed by atoms with Crippen molar-refractivity contribution >= 4 is 28.9 Å². The highest BCUT2D eigenvalue weighted by molar-refractivity contribution is 5.97. The standard InChI is InChI=1S/C20H20N4O4/c1-27-17-6-4-15(10-18(17)28-2)20(26)22-12-19(25)24-23-11-13-3-5-16-14(9-13)7-8-21-16/h3-11,21H,12H2,1-2H3,(H,22,26)(H,24,25)/b23-11+. The molecule has 0 saturated carbocycles. The summed E-state index contributed by atoms with van der Waals surface area (Å²) in [5.41, 5.74) is 4.62. The number of methoxy groups -OCH3 is 2. The Labute approximate surface area is 161 Å². The van der Waals surface area contributed by atoms with Crippen molar-refractivity contribution in [2.75, 3.05) is 20.8 Å². The molecule has 0 aliphatic carbocycles. The molecule has 3 aromatic rings. The van der Waals surface area contributed by atoms with Crippen molar-refractivity contribution in [2.45, 2.75) is 0 Å². The second kappa shape index (κ2) is 8.72. The fourth-order valence-corrected chi connectivity index (χ4v) is 2.61. The molecule has 0 aliphatic rings. The summed E-state index contributed by atoms with van der Waals surface area (Å²) in [6.45, 7) is -0.207. The molecule has 3 rings (SSSR count). The van der Waals surface area contributed by atoms with Gasteiger partial charge in [-0.1, -0.05) is 6.07 Å². The minimum absolute atomic E-state index is 0.207. The second-order valence-corrected chi connectivity index (χ2v) is 5.87. The maximum absolute atomic E-state index is 12.2. The molecule has 0 aliphatic heterocycles. The second-order valence-electron chi connectivity index (χ2n) is 5.87. The van der Waals surface area contributed by atoms with E-state index in [0.29, 0.717) is 17.1 Å². The van der Waals surface area contributed by atoms with E-state index in [0.717, 1.165) is 16.5 Å². The third-order valence-electron chi connectivity index (χ3n) is 4.04. The number of H-pyrrole nitrogens is 1. The molecule has 0 saturated heterocycles. The van der Waals surface area contributed by atoms with Crippen LogP contribution in [0.25, 0.3) is 10.9 Å². The molecule has 0 radical (unpaired) electrons. The summed E-state index contributed by atoms with van der Waals surface area (Å²) >= 11 is 0. The van der Waals surface area contributed by atoms with Gasteiger partial charge < -0.3 is 19.8 Å². The van der Waals surface area contributed by atoms with E-state index in [1.54, 1.807) is 24.4 Å². The van der Waals surface area contributed by atoms with Crippen molar-refractivity contribution in [1.29, 1.82) is 0 Å². The predicted molar refractivity (Wildman–Crippen MR) is 106 cm³/mol. The highest BCUT2D eigenvalue weighted by Crippen LogP contribution is 2.27. The van der Waals surface area contributed by atoms with Crippen molar-refractivity contribution in [3.05, 3.63) is 59.8 Å². The van der Waals surface area contributed by atoms with Crippen LogP contribution < -0.4 is 20.2 Å². The molecule has 2 aromatic carbocycles. The van der Waals surface area contributed by atoms with E-state index >= 15 is 0 Å². The first-order chi connectivity index (χ1) is 13.6. The number of nitrogens with zero attached hydrogens (tertiary/aromatic N) is 1. The van der Waals surface area contributed by atoms with Crippen molar-refractivity contribution in [3.8, 4) is 11.5 Å². The molecule has 0 bridgehead atoms. The Morgan fingerprint density at radius 1 is 1.07 bits per heavy atom. The fraction of sp³-hybridized carbons (Fsp3) is 0.150. The van der Waals surface area contributed by atoms with E-state index < -0.39 is 11.8 Å². The topological polar surface area (TPSA) is 105 Å². The van der Waals surface area contributed by atoms with E-state index in [1.807, 2.05) is 30.5 Å². The number of carbonyl (C=O) groups excluding carboxylic acids is 2. The molecule has 8 nitrogen and oxygen atoms in total. The molecule has 28 heavy (non-hydrogen) atoms. The summed E-state index contributed by atoms with van der Waals surface area (Å²) < 4.78 is 10.3. The third-order valence-corrected chi connectivity index (χ3v) is 4.04. The number of hydrazone groups is 1. The van der Waals surface area contributed by atoms with E-state index in [2.05, 4.69) is 20.8 Å². The largest absolute Gasteiger partial charge is 0.493 e. The van der Waals surface area contributed by atoms with Crippen molar-refractivity contribution < 1.29 is 19.1 Å². The number of fused-ring (bicyclic) bond motifs is 1. The number of hydrogen-bond acceptors (Lipinski definition) is 5. The van der Waals surface area contributed by atoms with Crippen molar-refractivity contribution in [1.82, 2.24) is 15.7 Å². The molecule has 0 unspecified atom stereocenters. The maximum Gasteiger partial charge on any atom is 0.259 e. The van der Waals surface area contributed by atoms with E-state index in [-0.39, 0.29) is 6.54 Å². The van der Waals surface area contributed by atoms with Gasteiger partial charge in [0.25, 0.3) is 11.8 Å². The number of carbonyl (C=O) groups is 2. The molecule has 0 atom stereocenters. The van der Waals surface area contributed by atoms with Crippen LogP contribution in [0.5, 0.6) is 11.5 Å². The van der Waals surface area contributed by atoms with Gasteiger partial charge in [-0.3, -0.25) is 9.59 Å². The zero-order valence-electron chi connectivity index (χ0n) is 15.5. The van der Waals surface area contributed by atoms with Crippen LogP contribution >= 0.6 is 0 Å². The Balaban J connectivity index is 1.51. The monoisotopic (exact) mass is 380 g/mol. The Bertz CT molecular complexity index is 1030. The van der Waals surface area contributed by atoms with Gasteiger partial charge in [-0.2, -0.15) is 5.10 Å². The number of rotatable bonds is 7. The Morgan fingerprint density at radius 2 is 1.89 bits per heavy atom. The molecule has 144 valence electrons. The van der Waals surface area contributed by atoms with Gasteiger partial charge in [0.2, 0.25) is 0 Å². The molecule has 0 fully saturated rings. The van der Waals surface area contributed by atoms with Crippen LogP contribution in [0.2, 0.25) is 0 Å². The van der Waals surface area contributed by atoms with Crippen LogP contribution in [0, 0.1) is 0 Å².